The van der Waals surface area contributed by atoms with Crippen LogP contribution in [0.4, 0.5) is 0 Å². The standard InChI is InChI=1S/C46H26S3/c1-2-6-27(7-3-1)30-16-17-41-38(21-30)26-42(47-41)36-15-14-32-18-31(10-11-33(32)19-36)34-12-13-35-23-40-44(25-37(35)20-34)49-45-39-22-28-8-4-5-9-29(28)24-43(39)48-46(40)45/h1-26H. The molecule has 0 saturated carbocycles. The van der Waals surface area contributed by atoms with Gasteiger partial charge in [0.1, 0.15) is 0 Å². The first kappa shape index (κ1) is 27.6. The zero-order chi connectivity index (χ0) is 32.1. The molecule has 3 aromatic heterocycles. The lowest BCUT2D eigenvalue weighted by atomic mass is 9.97. The van der Waals surface area contributed by atoms with Gasteiger partial charge in [0.2, 0.25) is 0 Å². The summed E-state index contributed by atoms with van der Waals surface area (Å²) in [6, 6.07) is 58.8. The zero-order valence-electron chi connectivity index (χ0n) is 26.2. The third kappa shape index (κ3) is 4.47. The maximum atomic E-state index is 2.40. The first-order valence-electron chi connectivity index (χ1n) is 16.6. The summed E-state index contributed by atoms with van der Waals surface area (Å²) < 4.78 is 6.89. The van der Waals surface area contributed by atoms with E-state index in [0.717, 1.165) is 0 Å². The van der Waals surface area contributed by atoms with Crippen molar-refractivity contribution in [3.8, 4) is 32.7 Å². The molecule has 0 saturated heterocycles. The monoisotopic (exact) mass is 674 g/mol. The fourth-order valence-electron chi connectivity index (χ4n) is 7.44. The molecule has 228 valence electrons. The highest BCUT2D eigenvalue weighted by Gasteiger charge is 2.15. The molecule has 0 fully saturated rings. The minimum absolute atomic E-state index is 1.25. The van der Waals surface area contributed by atoms with Crippen molar-refractivity contribution in [3.63, 3.8) is 0 Å². The van der Waals surface area contributed by atoms with E-state index in [9.17, 15) is 0 Å². The molecule has 0 aliphatic rings. The Morgan fingerprint density at radius 3 is 1.47 bits per heavy atom. The van der Waals surface area contributed by atoms with Gasteiger partial charge in [-0.2, -0.15) is 0 Å². The van der Waals surface area contributed by atoms with Crippen molar-refractivity contribution in [3.05, 3.63) is 158 Å². The summed E-state index contributed by atoms with van der Waals surface area (Å²) in [6.07, 6.45) is 0. The molecule has 0 aliphatic heterocycles. The Labute approximate surface area is 294 Å². The first-order valence-corrected chi connectivity index (χ1v) is 19.0. The van der Waals surface area contributed by atoms with Gasteiger partial charge in [-0.15, -0.1) is 34.0 Å². The quantitative estimate of drug-likeness (QED) is 0.175. The molecule has 0 aliphatic carbocycles. The van der Waals surface area contributed by atoms with Crippen LogP contribution in [-0.4, -0.2) is 0 Å². The molecule has 0 N–H and O–H groups in total. The lowest BCUT2D eigenvalue weighted by Crippen LogP contribution is -1.82. The van der Waals surface area contributed by atoms with E-state index in [1.54, 1.807) is 0 Å². The van der Waals surface area contributed by atoms with Crippen molar-refractivity contribution in [2.45, 2.75) is 0 Å². The molecule has 0 spiro atoms. The number of thiophene rings is 3. The van der Waals surface area contributed by atoms with Crippen LogP contribution in [0.25, 0.3) is 105 Å². The normalized spacial score (nSPS) is 12.1. The summed E-state index contributed by atoms with van der Waals surface area (Å²) in [5.74, 6) is 0. The second-order valence-corrected chi connectivity index (χ2v) is 16.2. The van der Waals surface area contributed by atoms with Gasteiger partial charge < -0.3 is 0 Å². The minimum atomic E-state index is 1.25. The first-order chi connectivity index (χ1) is 24.2. The molecular weight excluding hydrogens is 649 g/mol. The van der Waals surface area contributed by atoms with Gasteiger partial charge in [-0.1, -0.05) is 97.1 Å². The average Bonchev–Trinajstić information content (AvgIpc) is 3.84. The van der Waals surface area contributed by atoms with Crippen LogP contribution in [0.1, 0.15) is 0 Å². The van der Waals surface area contributed by atoms with E-state index >= 15 is 0 Å². The van der Waals surface area contributed by atoms with Gasteiger partial charge in [0.05, 0.1) is 9.40 Å². The Kier molecular flexibility index (Phi) is 5.97. The van der Waals surface area contributed by atoms with Crippen molar-refractivity contribution in [2.75, 3.05) is 0 Å². The number of hydrogen-bond donors (Lipinski definition) is 0. The van der Waals surface area contributed by atoms with Gasteiger partial charge >= 0.3 is 0 Å². The Morgan fingerprint density at radius 2 is 0.755 bits per heavy atom. The van der Waals surface area contributed by atoms with Crippen LogP contribution >= 0.6 is 34.0 Å². The summed E-state index contributed by atoms with van der Waals surface area (Å²) in [5.41, 5.74) is 6.30. The molecule has 11 rings (SSSR count). The maximum Gasteiger partial charge on any atom is 0.0542 e. The van der Waals surface area contributed by atoms with Crippen molar-refractivity contribution in [1.82, 2.24) is 0 Å². The van der Waals surface area contributed by atoms with Gasteiger partial charge in [-0.05, 0) is 126 Å². The molecule has 3 heteroatoms. The molecular formula is C46H26S3. The lowest BCUT2D eigenvalue weighted by Gasteiger charge is -2.08. The van der Waals surface area contributed by atoms with Crippen LogP contribution < -0.4 is 0 Å². The summed E-state index contributed by atoms with van der Waals surface area (Å²) in [6.45, 7) is 0. The van der Waals surface area contributed by atoms with Crippen molar-refractivity contribution >= 4 is 106 Å². The van der Waals surface area contributed by atoms with Crippen molar-refractivity contribution < 1.29 is 0 Å². The smallest absolute Gasteiger partial charge is 0.0542 e. The lowest BCUT2D eigenvalue weighted by molar-refractivity contribution is 1.65. The highest BCUT2D eigenvalue weighted by atomic mass is 32.1. The zero-order valence-corrected chi connectivity index (χ0v) is 28.7. The fraction of sp³-hybridized carbons (Fsp3) is 0. The topological polar surface area (TPSA) is 0 Å². The molecule has 0 amide bonds. The Morgan fingerprint density at radius 1 is 0.265 bits per heavy atom. The van der Waals surface area contributed by atoms with E-state index in [-0.39, 0.29) is 0 Å². The Balaban J connectivity index is 0.941. The van der Waals surface area contributed by atoms with E-state index in [2.05, 4.69) is 158 Å². The number of benzene rings is 8. The Bertz CT molecular complexity index is 3100. The SMILES string of the molecule is c1ccc(-c2ccc3sc(-c4ccc5cc(-c6ccc7cc8c(cc7c6)sc6c7cc9ccccc9cc7sc86)ccc5c4)cc3c2)cc1. The molecule has 0 bridgehead atoms. The van der Waals surface area contributed by atoms with Crippen LogP contribution in [0.5, 0.6) is 0 Å². The van der Waals surface area contributed by atoms with Crippen molar-refractivity contribution in [1.29, 1.82) is 0 Å². The summed E-state index contributed by atoms with van der Waals surface area (Å²) in [7, 11) is 0. The predicted molar refractivity (Wildman–Crippen MR) is 219 cm³/mol. The van der Waals surface area contributed by atoms with E-state index in [1.165, 1.54) is 105 Å². The summed E-state index contributed by atoms with van der Waals surface area (Å²) >= 11 is 5.74. The summed E-state index contributed by atoms with van der Waals surface area (Å²) in [5, 5.41) is 11.8. The van der Waals surface area contributed by atoms with Crippen molar-refractivity contribution in [2.24, 2.45) is 0 Å². The average molecular weight is 675 g/mol. The minimum Gasteiger partial charge on any atom is -0.135 e. The van der Waals surface area contributed by atoms with Crippen LogP contribution in [-0.2, 0) is 0 Å². The highest BCUT2D eigenvalue weighted by molar-refractivity contribution is 7.36. The van der Waals surface area contributed by atoms with Gasteiger partial charge in [0, 0.05) is 29.7 Å². The van der Waals surface area contributed by atoms with Crippen LogP contribution in [0, 0.1) is 0 Å². The third-order valence-electron chi connectivity index (χ3n) is 9.99. The molecule has 0 unspecified atom stereocenters. The van der Waals surface area contributed by atoms with Crippen LogP contribution in [0.15, 0.2) is 158 Å². The maximum absolute atomic E-state index is 2.40. The molecule has 3 heterocycles. The van der Waals surface area contributed by atoms with Gasteiger partial charge in [0.25, 0.3) is 0 Å². The molecule has 0 atom stereocenters. The van der Waals surface area contributed by atoms with Crippen LogP contribution in [0.3, 0.4) is 0 Å². The van der Waals surface area contributed by atoms with Gasteiger partial charge in [-0.25, -0.2) is 0 Å². The van der Waals surface area contributed by atoms with Crippen LogP contribution in [0.2, 0.25) is 0 Å². The Hall–Kier alpha value is -5.32. The number of fused-ring (bicyclic) bond motifs is 9. The number of rotatable bonds is 3. The summed E-state index contributed by atoms with van der Waals surface area (Å²) in [4.78, 5) is 1.31. The predicted octanol–water partition coefficient (Wildman–Crippen LogP) is 14.9. The van der Waals surface area contributed by atoms with E-state index < -0.39 is 0 Å². The second kappa shape index (κ2) is 10.6. The molecule has 8 aromatic carbocycles. The number of hydrogen-bond acceptors (Lipinski definition) is 3. The highest BCUT2D eigenvalue weighted by Crippen LogP contribution is 2.46. The third-order valence-corrected chi connectivity index (χ3v) is 13.7. The van der Waals surface area contributed by atoms with Gasteiger partial charge in [0.15, 0.2) is 0 Å². The van der Waals surface area contributed by atoms with E-state index in [4.69, 9.17) is 0 Å². The molecule has 0 radical (unpaired) electrons. The molecule has 0 nitrogen and oxygen atoms in total. The van der Waals surface area contributed by atoms with E-state index in [1.807, 2.05) is 34.0 Å². The molecule has 11 aromatic rings. The largest absolute Gasteiger partial charge is 0.135 e. The fourth-order valence-corrected chi connectivity index (χ4v) is 11.2. The second-order valence-electron chi connectivity index (χ2n) is 13.0. The van der Waals surface area contributed by atoms with Gasteiger partial charge in [-0.3, -0.25) is 0 Å². The van der Waals surface area contributed by atoms with E-state index in [0.29, 0.717) is 0 Å². The molecule has 49 heavy (non-hydrogen) atoms.